The van der Waals surface area contributed by atoms with Crippen LogP contribution < -0.4 is 10.6 Å². The Morgan fingerprint density at radius 3 is 2.67 bits per heavy atom. The van der Waals surface area contributed by atoms with Crippen LogP contribution in [0.1, 0.15) is 19.3 Å². The second-order valence-corrected chi connectivity index (χ2v) is 4.33. The van der Waals surface area contributed by atoms with Crippen LogP contribution in [0.3, 0.4) is 0 Å². The van der Waals surface area contributed by atoms with Gasteiger partial charge in [0.05, 0.1) is 0 Å². The summed E-state index contributed by atoms with van der Waals surface area (Å²) in [6.45, 7) is 4.42. The average molecular weight is 257 g/mol. The summed E-state index contributed by atoms with van der Waals surface area (Å²) >= 11 is 0. The summed E-state index contributed by atoms with van der Waals surface area (Å²) < 4.78 is 4.88. The number of hydrogen-bond donors (Lipinski definition) is 2. The highest BCUT2D eigenvalue weighted by molar-refractivity contribution is 5.83. The van der Waals surface area contributed by atoms with Crippen LogP contribution >= 0.6 is 0 Å². The molecule has 2 amide bonds. The highest BCUT2D eigenvalue weighted by Gasteiger charge is 2.16. The third kappa shape index (κ3) is 5.97. The van der Waals surface area contributed by atoms with Gasteiger partial charge in [0, 0.05) is 59.3 Å². The monoisotopic (exact) mass is 257 g/mol. The predicted octanol–water partition coefficient (Wildman–Crippen LogP) is -0.649. The van der Waals surface area contributed by atoms with Crippen LogP contribution in [-0.2, 0) is 14.3 Å². The second kappa shape index (κ2) is 8.88. The van der Waals surface area contributed by atoms with Crippen molar-refractivity contribution in [3.63, 3.8) is 0 Å². The van der Waals surface area contributed by atoms with Gasteiger partial charge in [-0.25, -0.2) is 0 Å². The van der Waals surface area contributed by atoms with Crippen molar-refractivity contribution in [3.8, 4) is 0 Å². The fourth-order valence-corrected chi connectivity index (χ4v) is 1.83. The first-order chi connectivity index (χ1) is 8.74. The van der Waals surface area contributed by atoms with E-state index in [-0.39, 0.29) is 18.2 Å². The van der Waals surface area contributed by atoms with Crippen molar-refractivity contribution in [2.75, 3.05) is 46.4 Å². The molecule has 0 spiro atoms. The Bertz CT molecular complexity index is 265. The SMILES string of the molecule is COCCCNC(=O)CCC(=O)N1CCNCC1. The van der Waals surface area contributed by atoms with Crippen molar-refractivity contribution >= 4 is 11.8 Å². The summed E-state index contributed by atoms with van der Waals surface area (Å²) in [7, 11) is 1.63. The van der Waals surface area contributed by atoms with Crippen LogP contribution in [0.25, 0.3) is 0 Å². The third-order valence-corrected chi connectivity index (χ3v) is 2.88. The van der Waals surface area contributed by atoms with E-state index in [9.17, 15) is 9.59 Å². The van der Waals surface area contributed by atoms with Gasteiger partial charge in [-0.3, -0.25) is 9.59 Å². The summed E-state index contributed by atoms with van der Waals surface area (Å²) in [5.41, 5.74) is 0. The molecule has 0 aromatic rings. The molecule has 1 fully saturated rings. The summed E-state index contributed by atoms with van der Waals surface area (Å²) in [6.07, 6.45) is 1.37. The van der Waals surface area contributed by atoms with Gasteiger partial charge in [0.1, 0.15) is 0 Å². The Kier molecular flexibility index (Phi) is 7.36. The van der Waals surface area contributed by atoms with Gasteiger partial charge in [-0.15, -0.1) is 0 Å². The summed E-state index contributed by atoms with van der Waals surface area (Å²) in [5.74, 6) is 0.0122. The molecular weight excluding hydrogens is 234 g/mol. The molecule has 0 radical (unpaired) electrons. The van der Waals surface area contributed by atoms with Gasteiger partial charge in [0.2, 0.25) is 11.8 Å². The Hall–Kier alpha value is -1.14. The quantitative estimate of drug-likeness (QED) is 0.595. The first kappa shape index (κ1) is 14.9. The molecule has 104 valence electrons. The number of piperazine rings is 1. The van der Waals surface area contributed by atoms with Crippen LogP contribution in [0.2, 0.25) is 0 Å². The molecule has 0 bridgehead atoms. The Morgan fingerprint density at radius 2 is 2.00 bits per heavy atom. The van der Waals surface area contributed by atoms with Crippen molar-refractivity contribution in [2.24, 2.45) is 0 Å². The van der Waals surface area contributed by atoms with Crippen molar-refractivity contribution in [3.05, 3.63) is 0 Å². The highest BCUT2D eigenvalue weighted by atomic mass is 16.5. The topological polar surface area (TPSA) is 70.7 Å². The molecule has 1 rings (SSSR count). The molecule has 1 saturated heterocycles. The molecule has 0 aromatic heterocycles. The smallest absolute Gasteiger partial charge is 0.223 e. The maximum atomic E-state index is 11.8. The minimum atomic E-state index is -0.0606. The number of hydrogen-bond acceptors (Lipinski definition) is 4. The number of carbonyl (C=O) groups is 2. The molecule has 0 aliphatic carbocycles. The lowest BCUT2D eigenvalue weighted by Gasteiger charge is -2.27. The van der Waals surface area contributed by atoms with Crippen molar-refractivity contribution in [1.82, 2.24) is 15.5 Å². The molecule has 6 nitrogen and oxygen atoms in total. The van der Waals surface area contributed by atoms with Crippen LogP contribution in [0.5, 0.6) is 0 Å². The number of rotatable bonds is 7. The van der Waals surface area contributed by atoms with Gasteiger partial charge in [-0.2, -0.15) is 0 Å². The molecule has 2 N–H and O–H groups in total. The predicted molar refractivity (Wildman–Crippen MR) is 68.2 cm³/mol. The fourth-order valence-electron chi connectivity index (χ4n) is 1.83. The fraction of sp³-hybridized carbons (Fsp3) is 0.833. The lowest BCUT2D eigenvalue weighted by Crippen LogP contribution is -2.46. The highest BCUT2D eigenvalue weighted by Crippen LogP contribution is 2.00. The number of nitrogens with one attached hydrogen (secondary N) is 2. The number of carbonyl (C=O) groups excluding carboxylic acids is 2. The Morgan fingerprint density at radius 1 is 1.28 bits per heavy atom. The lowest BCUT2D eigenvalue weighted by atomic mass is 10.2. The van der Waals surface area contributed by atoms with E-state index < -0.39 is 0 Å². The average Bonchev–Trinajstić information content (AvgIpc) is 2.42. The molecular formula is C12H23N3O3. The zero-order chi connectivity index (χ0) is 13.2. The molecule has 0 aromatic carbocycles. The van der Waals surface area contributed by atoms with Crippen molar-refractivity contribution < 1.29 is 14.3 Å². The number of nitrogens with zero attached hydrogens (tertiary/aromatic N) is 1. The van der Waals surface area contributed by atoms with Gasteiger partial charge < -0.3 is 20.3 Å². The second-order valence-electron chi connectivity index (χ2n) is 4.33. The minimum absolute atomic E-state index is 0.0606. The van der Waals surface area contributed by atoms with E-state index in [1.807, 2.05) is 4.90 Å². The van der Waals surface area contributed by atoms with E-state index in [4.69, 9.17) is 4.74 Å². The van der Waals surface area contributed by atoms with Crippen LogP contribution in [0.15, 0.2) is 0 Å². The van der Waals surface area contributed by atoms with Crippen LogP contribution in [0, 0.1) is 0 Å². The number of methoxy groups -OCH3 is 1. The third-order valence-electron chi connectivity index (χ3n) is 2.88. The first-order valence-corrected chi connectivity index (χ1v) is 6.48. The molecule has 1 aliphatic heterocycles. The molecule has 18 heavy (non-hydrogen) atoms. The lowest BCUT2D eigenvalue weighted by molar-refractivity contribution is -0.134. The molecule has 0 unspecified atom stereocenters. The summed E-state index contributed by atoms with van der Waals surface area (Å²) in [5, 5.41) is 5.96. The van der Waals surface area contributed by atoms with E-state index in [1.165, 1.54) is 0 Å². The van der Waals surface area contributed by atoms with E-state index in [2.05, 4.69) is 10.6 Å². The molecule has 0 atom stereocenters. The van der Waals surface area contributed by atoms with Gasteiger partial charge >= 0.3 is 0 Å². The maximum absolute atomic E-state index is 11.8. The number of ether oxygens (including phenoxy) is 1. The minimum Gasteiger partial charge on any atom is -0.385 e. The van der Waals surface area contributed by atoms with Gasteiger partial charge in [-0.1, -0.05) is 0 Å². The van der Waals surface area contributed by atoms with Gasteiger partial charge in [0.15, 0.2) is 0 Å². The van der Waals surface area contributed by atoms with Crippen molar-refractivity contribution in [2.45, 2.75) is 19.3 Å². The molecule has 1 aliphatic rings. The number of amides is 2. The molecule has 6 heteroatoms. The summed E-state index contributed by atoms with van der Waals surface area (Å²) in [6, 6.07) is 0. The first-order valence-electron chi connectivity index (χ1n) is 6.48. The zero-order valence-corrected chi connectivity index (χ0v) is 11.0. The maximum Gasteiger partial charge on any atom is 0.223 e. The Labute approximate surface area is 108 Å². The van der Waals surface area contributed by atoms with E-state index in [1.54, 1.807) is 7.11 Å². The van der Waals surface area contributed by atoms with Gasteiger partial charge in [-0.05, 0) is 6.42 Å². The van der Waals surface area contributed by atoms with E-state index in [0.717, 1.165) is 32.6 Å². The normalized spacial score (nSPS) is 15.5. The van der Waals surface area contributed by atoms with Gasteiger partial charge in [0.25, 0.3) is 0 Å². The zero-order valence-electron chi connectivity index (χ0n) is 11.0. The van der Waals surface area contributed by atoms with E-state index >= 15 is 0 Å². The largest absolute Gasteiger partial charge is 0.385 e. The standard InChI is InChI=1S/C12H23N3O3/c1-18-10-2-5-14-11(16)3-4-12(17)15-8-6-13-7-9-15/h13H,2-10H2,1H3,(H,14,16). The van der Waals surface area contributed by atoms with E-state index in [0.29, 0.717) is 19.6 Å². The van der Waals surface area contributed by atoms with Crippen molar-refractivity contribution in [1.29, 1.82) is 0 Å². The Balaban J connectivity index is 2.07. The molecule has 1 heterocycles. The van der Waals surface area contributed by atoms with Crippen LogP contribution in [-0.4, -0.2) is 63.2 Å². The molecule has 0 saturated carbocycles. The summed E-state index contributed by atoms with van der Waals surface area (Å²) in [4.78, 5) is 25.0. The van der Waals surface area contributed by atoms with Crippen LogP contribution in [0.4, 0.5) is 0 Å².